The van der Waals surface area contributed by atoms with Gasteiger partial charge in [0.2, 0.25) is 0 Å². The average Bonchev–Trinajstić information content (AvgIpc) is 1.54. The zero-order valence-corrected chi connectivity index (χ0v) is 71.3. The van der Waals surface area contributed by atoms with E-state index in [2.05, 4.69) is 550 Å². The minimum Gasteiger partial charge on any atom is -0.310 e. The third-order valence-corrected chi connectivity index (χ3v) is 25.4. The van der Waals surface area contributed by atoms with Crippen LogP contribution in [0.15, 0.2) is 522 Å². The highest BCUT2D eigenvalue weighted by Crippen LogP contribution is 2.48. The molecule has 0 saturated carbocycles. The number of rotatable bonds is 18. The number of anilines is 6. The zero-order valence-electron chi connectivity index (χ0n) is 71.3. The van der Waals surface area contributed by atoms with Crippen LogP contribution in [0.5, 0.6) is 0 Å². The van der Waals surface area contributed by atoms with Gasteiger partial charge >= 0.3 is 0 Å². The summed E-state index contributed by atoms with van der Waals surface area (Å²) in [7, 11) is 0. The number of fused-ring (bicyclic) bond motifs is 10. The SMILES string of the molecule is c1ccc(-c2ccc(-c3ccc(-n4c5ccc(N(c6ccccc6)c6ccccc6)cc5c5c4c4ccccc4n5-c4ccc(-c5ccc(-c6ccccc6)cc5)cc4)cc3)cc2)cc1.c1ccc(-c2cccc(-c3ccc(-n4c5ccc(N(c6ccccc6)c6ccccc6)cc5c5c4c4ccccc4n5-c4ccc(-c5cccc(-c6ccccc6)c5)cc4)cc3)c2)cc1. The van der Waals surface area contributed by atoms with Gasteiger partial charge in [0, 0.05) is 78.4 Å². The summed E-state index contributed by atoms with van der Waals surface area (Å²) in [5.74, 6) is 0. The van der Waals surface area contributed by atoms with Gasteiger partial charge in [-0.15, -0.1) is 0 Å². The van der Waals surface area contributed by atoms with Gasteiger partial charge in [0.25, 0.3) is 0 Å². The molecule has 612 valence electrons. The number of hydrogen-bond acceptors (Lipinski definition) is 2. The third-order valence-electron chi connectivity index (χ3n) is 25.4. The fraction of sp³-hybridized carbons (Fsp3) is 0. The number of aromatic nitrogens is 4. The Labute approximate surface area is 756 Å². The molecule has 0 amide bonds. The van der Waals surface area contributed by atoms with E-state index in [1.807, 2.05) is 0 Å². The summed E-state index contributed by atoms with van der Waals surface area (Å²) in [6, 6.07) is 188. The molecule has 130 heavy (non-hydrogen) atoms. The van der Waals surface area contributed by atoms with E-state index in [1.54, 1.807) is 0 Å². The highest BCUT2D eigenvalue weighted by Gasteiger charge is 2.28. The molecule has 24 rings (SSSR count). The van der Waals surface area contributed by atoms with Gasteiger partial charge in [-0.1, -0.05) is 364 Å². The van der Waals surface area contributed by atoms with E-state index >= 15 is 0 Å². The van der Waals surface area contributed by atoms with E-state index in [0.29, 0.717) is 0 Å². The van der Waals surface area contributed by atoms with Crippen molar-refractivity contribution in [2.24, 2.45) is 0 Å². The van der Waals surface area contributed by atoms with Crippen LogP contribution < -0.4 is 9.80 Å². The summed E-state index contributed by atoms with van der Waals surface area (Å²) < 4.78 is 9.87. The molecule has 24 aromatic rings. The molecular weight excluding hydrogens is 1570 g/mol. The fourth-order valence-electron chi connectivity index (χ4n) is 19.2. The van der Waals surface area contributed by atoms with Crippen LogP contribution >= 0.6 is 0 Å². The molecule has 4 aromatic heterocycles. The standard InChI is InChI=1S/2C62H43N3/c1-5-17-44(18-6-1)48-21-15-23-50(41-48)46-31-35-54(36-32-46)64-59-30-14-13-29-57(59)61-62(64)58-43-56(63(52-25-9-3-10-26-52)53-27-11-4-12-28-53)39-40-60(58)65(61)55-37-33-47(34-38-55)51-24-16-22-49(42-51)45-19-7-2-8-20-45;1-5-15-44(16-6-1)46-25-29-48(30-26-46)50-33-37-54(38-34-50)64-59-24-14-13-23-57(59)61-62(64)58-43-56(63(52-19-9-3-10-20-52)53-21-11-4-12-22-53)41-42-60(58)65(61)55-39-35-51(36-40-55)49-31-27-47(28-32-49)45-17-7-2-8-18-45/h2*1-43H. The lowest BCUT2D eigenvalue weighted by Crippen LogP contribution is -2.09. The molecule has 0 saturated heterocycles. The van der Waals surface area contributed by atoms with Gasteiger partial charge in [-0.3, -0.25) is 0 Å². The Morgan fingerprint density at radius 1 is 0.115 bits per heavy atom. The minimum absolute atomic E-state index is 1.09. The van der Waals surface area contributed by atoms with Crippen LogP contribution in [0.4, 0.5) is 34.1 Å². The number of hydrogen-bond donors (Lipinski definition) is 0. The summed E-state index contributed by atoms with van der Waals surface area (Å²) in [6.45, 7) is 0. The van der Waals surface area contributed by atoms with Crippen molar-refractivity contribution >= 4 is 99.8 Å². The van der Waals surface area contributed by atoms with Crippen LogP contribution in [0.2, 0.25) is 0 Å². The van der Waals surface area contributed by atoms with Crippen LogP contribution in [0, 0.1) is 0 Å². The van der Waals surface area contributed by atoms with Crippen molar-refractivity contribution in [3.63, 3.8) is 0 Å². The van der Waals surface area contributed by atoms with Crippen molar-refractivity contribution in [1.82, 2.24) is 18.3 Å². The first-order valence-corrected chi connectivity index (χ1v) is 44.5. The first-order valence-electron chi connectivity index (χ1n) is 44.5. The highest BCUT2D eigenvalue weighted by molar-refractivity contribution is 6.22. The Kier molecular flexibility index (Phi) is 20.2. The molecule has 0 unspecified atom stereocenters. The quantitative estimate of drug-likeness (QED) is 0.0856. The second-order valence-electron chi connectivity index (χ2n) is 33.2. The molecule has 0 aliphatic heterocycles. The number of para-hydroxylation sites is 6. The van der Waals surface area contributed by atoms with Crippen molar-refractivity contribution in [2.75, 3.05) is 9.80 Å². The van der Waals surface area contributed by atoms with Gasteiger partial charge in [0.1, 0.15) is 0 Å². The summed E-state index contributed by atoms with van der Waals surface area (Å²) in [5.41, 5.74) is 39.6. The summed E-state index contributed by atoms with van der Waals surface area (Å²) in [5, 5.41) is 4.74. The van der Waals surface area contributed by atoms with Crippen LogP contribution in [0.25, 0.3) is 177 Å². The molecule has 20 aromatic carbocycles. The number of benzene rings is 20. The molecule has 0 bridgehead atoms. The Hall–Kier alpha value is -17.3. The van der Waals surface area contributed by atoms with Gasteiger partial charge in [-0.2, -0.15) is 0 Å². The lowest BCUT2D eigenvalue weighted by atomic mass is 9.99. The molecule has 6 heteroatoms. The van der Waals surface area contributed by atoms with E-state index in [9.17, 15) is 0 Å². The molecular formula is C124H86N6. The normalized spacial score (nSPS) is 11.4. The topological polar surface area (TPSA) is 26.2 Å². The summed E-state index contributed by atoms with van der Waals surface area (Å²) in [6.07, 6.45) is 0. The molecule has 0 N–H and O–H groups in total. The smallest absolute Gasteiger partial charge is 0.0804 e. The van der Waals surface area contributed by atoms with E-state index in [4.69, 9.17) is 0 Å². The van der Waals surface area contributed by atoms with Gasteiger partial charge in [0.05, 0.1) is 44.1 Å². The first-order chi connectivity index (χ1) is 64.5. The van der Waals surface area contributed by atoms with Crippen LogP contribution in [0.1, 0.15) is 0 Å². The maximum atomic E-state index is 2.47. The Balaban J connectivity index is 0.000000148. The predicted molar refractivity (Wildman–Crippen MR) is 548 cm³/mol. The molecule has 0 atom stereocenters. The molecule has 4 heterocycles. The van der Waals surface area contributed by atoms with Crippen molar-refractivity contribution in [2.45, 2.75) is 0 Å². The van der Waals surface area contributed by atoms with Crippen molar-refractivity contribution < 1.29 is 0 Å². The molecule has 0 spiro atoms. The van der Waals surface area contributed by atoms with E-state index in [1.165, 1.54) is 133 Å². The van der Waals surface area contributed by atoms with Crippen molar-refractivity contribution in [3.8, 4) is 112 Å². The lowest BCUT2D eigenvalue weighted by molar-refractivity contribution is 1.17. The monoisotopic (exact) mass is 1660 g/mol. The lowest BCUT2D eigenvalue weighted by Gasteiger charge is -2.25. The molecule has 0 radical (unpaired) electrons. The predicted octanol–water partition coefficient (Wildman–Crippen LogP) is 33.7. The largest absolute Gasteiger partial charge is 0.310 e. The maximum Gasteiger partial charge on any atom is 0.0804 e. The molecule has 6 nitrogen and oxygen atoms in total. The summed E-state index contributed by atoms with van der Waals surface area (Å²) >= 11 is 0. The van der Waals surface area contributed by atoms with E-state index in [0.717, 1.165) is 78.9 Å². The van der Waals surface area contributed by atoms with Crippen molar-refractivity contribution in [3.05, 3.63) is 522 Å². The second kappa shape index (κ2) is 34.0. The fourth-order valence-corrected chi connectivity index (χ4v) is 19.2. The highest BCUT2D eigenvalue weighted by atomic mass is 15.2. The van der Waals surface area contributed by atoms with Crippen LogP contribution in [-0.2, 0) is 0 Å². The Morgan fingerprint density at radius 2 is 0.300 bits per heavy atom. The van der Waals surface area contributed by atoms with E-state index in [-0.39, 0.29) is 0 Å². The van der Waals surface area contributed by atoms with Gasteiger partial charge in [-0.25, -0.2) is 0 Å². The maximum absolute atomic E-state index is 2.47. The number of nitrogens with zero attached hydrogens (tertiary/aromatic N) is 6. The Morgan fingerprint density at radius 3 is 0.562 bits per heavy atom. The molecule has 0 aliphatic rings. The second-order valence-corrected chi connectivity index (χ2v) is 33.2. The first kappa shape index (κ1) is 77.5. The minimum atomic E-state index is 1.09. The average molecular weight is 1660 g/mol. The third kappa shape index (κ3) is 14.5. The van der Waals surface area contributed by atoms with Crippen LogP contribution in [-0.4, -0.2) is 18.3 Å². The van der Waals surface area contributed by atoms with E-state index < -0.39 is 0 Å². The van der Waals surface area contributed by atoms with Gasteiger partial charge in [0.15, 0.2) is 0 Å². The van der Waals surface area contributed by atoms with Crippen molar-refractivity contribution in [1.29, 1.82) is 0 Å². The molecule has 0 aliphatic carbocycles. The van der Waals surface area contributed by atoms with Gasteiger partial charge < -0.3 is 28.1 Å². The molecule has 0 fully saturated rings. The van der Waals surface area contributed by atoms with Crippen LogP contribution in [0.3, 0.4) is 0 Å². The van der Waals surface area contributed by atoms with Gasteiger partial charge in [-0.05, 0) is 247 Å². The summed E-state index contributed by atoms with van der Waals surface area (Å²) in [4.78, 5) is 4.71. The zero-order chi connectivity index (χ0) is 86.2. The Bertz CT molecular complexity index is 7830.